The number of benzene rings is 2. The molecule has 0 aliphatic carbocycles. The number of anilines is 2. The lowest BCUT2D eigenvalue weighted by atomic mass is 10.1. The summed E-state index contributed by atoms with van der Waals surface area (Å²) < 4.78 is 35.5. The van der Waals surface area contributed by atoms with Gasteiger partial charge in [0.2, 0.25) is 5.91 Å². The van der Waals surface area contributed by atoms with Gasteiger partial charge in [0.15, 0.2) is 9.84 Å². The molecule has 2 aromatic carbocycles. The Morgan fingerprint density at radius 3 is 2.29 bits per heavy atom. The van der Waals surface area contributed by atoms with Crippen molar-refractivity contribution >= 4 is 33.1 Å². The molecule has 0 aromatic heterocycles. The first-order valence-corrected chi connectivity index (χ1v) is 11.1. The predicted octanol–water partition coefficient (Wildman–Crippen LogP) is 2.03. The van der Waals surface area contributed by atoms with E-state index in [1.54, 1.807) is 32.0 Å². The number of carbonyl (C=O) groups is 2. The molecule has 4 N–H and O–H groups in total. The number of amides is 1. The fraction of sp³-hybridized carbons (Fsp3) is 0.333. The summed E-state index contributed by atoms with van der Waals surface area (Å²) in [4.78, 5) is 24.5. The van der Waals surface area contributed by atoms with Crippen LogP contribution in [0.3, 0.4) is 0 Å². The average molecular weight is 450 g/mol. The van der Waals surface area contributed by atoms with Crippen molar-refractivity contribution in [3.63, 3.8) is 0 Å². The largest absolute Gasteiger partial charge is 0.497 e. The molecule has 168 valence electrons. The lowest BCUT2D eigenvalue weighted by Crippen LogP contribution is -2.41. The molecule has 0 radical (unpaired) electrons. The number of ether oxygens (including phenoxy) is 2. The highest BCUT2D eigenvalue weighted by Gasteiger charge is 2.23. The highest BCUT2D eigenvalue weighted by atomic mass is 32.2. The highest BCUT2D eigenvalue weighted by Crippen LogP contribution is 2.26. The molecule has 1 atom stereocenters. The first-order chi connectivity index (χ1) is 14.5. The lowest BCUT2D eigenvalue weighted by molar-refractivity contribution is -0.117. The number of hydrogen-bond acceptors (Lipinski definition) is 8. The van der Waals surface area contributed by atoms with Gasteiger partial charge < -0.3 is 20.5 Å². The molecule has 9 nitrogen and oxygen atoms in total. The van der Waals surface area contributed by atoms with Crippen molar-refractivity contribution in [2.24, 2.45) is 0 Å². The van der Waals surface area contributed by atoms with Crippen molar-refractivity contribution < 1.29 is 27.5 Å². The van der Waals surface area contributed by atoms with Crippen LogP contribution < -0.4 is 21.1 Å². The minimum atomic E-state index is -3.71. The van der Waals surface area contributed by atoms with Gasteiger partial charge in [-0.3, -0.25) is 10.1 Å². The number of para-hydroxylation sites is 1. The maximum atomic E-state index is 12.9. The predicted molar refractivity (Wildman–Crippen MR) is 118 cm³/mol. The lowest BCUT2D eigenvalue weighted by Gasteiger charge is -2.17. The molecule has 0 saturated carbocycles. The highest BCUT2D eigenvalue weighted by molar-refractivity contribution is 7.91. The molecule has 0 bridgehead atoms. The topological polar surface area (TPSA) is 137 Å². The number of carbonyl (C=O) groups excluding carboxylic acids is 2. The molecule has 0 fully saturated rings. The van der Waals surface area contributed by atoms with Crippen LogP contribution in [-0.2, 0) is 19.4 Å². The third-order valence-electron chi connectivity index (χ3n) is 4.72. The van der Waals surface area contributed by atoms with E-state index in [4.69, 9.17) is 10.5 Å². The van der Waals surface area contributed by atoms with Crippen molar-refractivity contribution in [1.82, 2.24) is 5.32 Å². The number of esters is 1. The van der Waals surface area contributed by atoms with Crippen LogP contribution in [0.25, 0.3) is 0 Å². The van der Waals surface area contributed by atoms with Gasteiger partial charge in [-0.2, -0.15) is 0 Å². The number of methoxy groups -OCH3 is 2. The fourth-order valence-electron chi connectivity index (χ4n) is 3.12. The summed E-state index contributed by atoms with van der Waals surface area (Å²) in [5, 5.41) is 5.33. The summed E-state index contributed by atoms with van der Waals surface area (Å²) in [6, 6.07) is 7.00. The average Bonchev–Trinajstić information content (AvgIpc) is 2.72. The van der Waals surface area contributed by atoms with Crippen LogP contribution in [0.5, 0.6) is 5.75 Å². The number of nitrogen functional groups attached to an aromatic ring is 1. The van der Waals surface area contributed by atoms with Gasteiger partial charge in [-0.25, -0.2) is 13.2 Å². The van der Waals surface area contributed by atoms with Crippen LogP contribution >= 0.6 is 0 Å². The molecular weight excluding hydrogens is 422 g/mol. The number of rotatable bonds is 8. The van der Waals surface area contributed by atoms with Crippen LogP contribution in [-0.4, -0.2) is 46.4 Å². The molecule has 1 unspecified atom stereocenters. The van der Waals surface area contributed by atoms with Gasteiger partial charge in [0.05, 0.1) is 42.1 Å². The van der Waals surface area contributed by atoms with Gasteiger partial charge in [-0.1, -0.05) is 6.07 Å². The SMILES string of the molecule is COC(=O)c1cccc(NC(=O)C(C)NCS(=O)(=O)c2c(C)cc(OC)cc2C)c1N. The van der Waals surface area contributed by atoms with Gasteiger partial charge >= 0.3 is 5.97 Å². The molecular formula is C21H27N3O6S. The zero-order valence-electron chi connectivity index (χ0n) is 18.1. The van der Waals surface area contributed by atoms with E-state index < -0.39 is 33.6 Å². The summed E-state index contributed by atoms with van der Waals surface area (Å²) >= 11 is 0. The number of aryl methyl sites for hydroxylation is 2. The van der Waals surface area contributed by atoms with Gasteiger partial charge in [0, 0.05) is 0 Å². The Morgan fingerprint density at radius 1 is 1.13 bits per heavy atom. The molecule has 2 rings (SSSR count). The van der Waals surface area contributed by atoms with Gasteiger partial charge in [0.1, 0.15) is 11.6 Å². The first kappa shape index (κ1) is 24.2. The Bertz CT molecular complexity index is 1080. The molecule has 0 saturated heterocycles. The van der Waals surface area contributed by atoms with Crippen molar-refractivity contribution in [2.75, 3.05) is 31.1 Å². The summed E-state index contributed by atoms with van der Waals surface area (Å²) in [6.07, 6.45) is 0. The molecule has 0 aliphatic rings. The van der Waals surface area contributed by atoms with Crippen molar-refractivity contribution in [3.8, 4) is 5.75 Å². The van der Waals surface area contributed by atoms with Gasteiger partial charge in [-0.05, 0) is 56.2 Å². The number of sulfone groups is 1. The Labute approximate surface area is 181 Å². The minimum Gasteiger partial charge on any atom is -0.497 e. The van der Waals surface area contributed by atoms with Crippen molar-refractivity contribution in [1.29, 1.82) is 0 Å². The van der Waals surface area contributed by atoms with E-state index in [1.165, 1.54) is 33.3 Å². The number of hydrogen-bond donors (Lipinski definition) is 3. The molecule has 31 heavy (non-hydrogen) atoms. The van der Waals surface area contributed by atoms with E-state index >= 15 is 0 Å². The van der Waals surface area contributed by atoms with E-state index in [2.05, 4.69) is 15.4 Å². The molecule has 0 aliphatic heterocycles. The Morgan fingerprint density at radius 2 is 1.74 bits per heavy atom. The van der Waals surface area contributed by atoms with E-state index in [1.807, 2.05) is 0 Å². The van der Waals surface area contributed by atoms with Crippen LogP contribution in [0.4, 0.5) is 11.4 Å². The second-order valence-electron chi connectivity index (χ2n) is 7.02. The third kappa shape index (κ3) is 5.53. The van der Waals surface area contributed by atoms with E-state index in [0.717, 1.165) is 0 Å². The fourth-order valence-corrected chi connectivity index (χ4v) is 4.83. The number of nitrogens with two attached hydrogens (primary N) is 1. The Hall–Kier alpha value is -3.11. The number of nitrogens with one attached hydrogen (secondary N) is 2. The standard InChI is InChI=1S/C21H27N3O6S/c1-12-9-15(29-4)10-13(2)19(12)31(27,28)11-23-14(3)20(25)24-17-8-6-7-16(18(17)22)21(26)30-5/h6-10,14,23H,11,22H2,1-5H3,(H,24,25). The van der Waals surface area contributed by atoms with Crippen LogP contribution in [0.2, 0.25) is 0 Å². The van der Waals surface area contributed by atoms with Crippen molar-refractivity contribution in [2.45, 2.75) is 31.7 Å². The summed E-state index contributed by atoms with van der Waals surface area (Å²) in [5.74, 6) is -1.00. The second-order valence-corrected chi connectivity index (χ2v) is 8.95. The van der Waals surface area contributed by atoms with Crippen molar-refractivity contribution in [3.05, 3.63) is 47.0 Å². The van der Waals surface area contributed by atoms with Crippen LogP contribution in [0.1, 0.15) is 28.4 Å². The third-order valence-corrected chi connectivity index (χ3v) is 6.54. The maximum absolute atomic E-state index is 12.9. The summed E-state index contributed by atoms with van der Waals surface area (Å²) in [7, 11) is -0.970. The minimum absolute atomic E-state index is 0.0620. The van der Waals surface area contributed by atoms with Gasteiger partial charge in [-0.15, -0.1) is 0 Å². The molecule has 0 spiro atoms. The van der Waals surface area contributed by atoms with E-state index in [-0.39, 0.29) is 21.8 Å². The smallest absolute Gasteiger partial charge is 0.340 e. The van der Waals surface area contributed by atoms with Crippen LogP contribution in [0, 0.1) is 13.8 Å². The molecule has 2 aromatic rings. The Balaban J connectivity index is 2.12. The first-order valence-electron chi connectivity index (χ1n) is 9.40. The quantitative estimate of drug-likeness (QED) is 0.411. The summed E-state index contributed by atoms with van der Waals surface area (Å²) in [5.41, 5.74) is 7.47. The normalized spacial score (nSPS) is 12.2. The molecule has 10 heteroatoms. The van der Waals surface area contributed by atoms with Crippen LogP contribution in [0.15, 0.2) is 35.2 Å². The molecule has 1 amide bonds. The zero-order chi connectivity index (χ0) is 23.3. The van der Waals surface area contributed by atoms with E-state index in [0.29, 0.717) is 16.9 Å². The summed E-state index contributed by atoms with van der Waals surface area (Å²) in [6.45, 7) is 4.91. The monoisotopic (exact) mass is 449 g/mol. The second kappa shape index (κ2) is 9.80. The van der Waals surface area contributed by atoms with Gasteiger partial charge in [0.25, 0.3) is 0 Å². The van der Waals surface area contributed by atoms with E-state index in [9.17, 15) is 18.0 Å². The Kier molecular flexibility index (Phi) is 7.64. The zero-order valence-corrected chi connectivity index (χ0v) is 18.9. The molecule has 0 heterocycles. The maximum Gasteiger partial charge on any atom is 0.340 e.